The molecule has 1 atom stereocenters. The van der Waals surface area contributed by atoms with Crippen molar-refractivity contribution in [3.05, 3.63) is 100 Å². The van der Waals surface area contributed by atoms with Gasteiger partial charge in [-0.25, -0.2) is 0 Å². The molecule has 2 N–H and O–H groups in total. The largest absolute Gasteiger partial charge is 0.507 e. The topological polar surface area (TPSA) is 82.6 Å². The second kappa shape index (κ2) is 8.39. The van der Waals surface area contributed by atoms with Gasteiger partial charge in [-0.15, -0.1) is 0 Å². The molecule has 3 aromatic carbocycles. The zero-order valence-electron chi connectivity index (χ0n) is 18.5. The number of aliphatic hydroxyl groups is 1. The van der Waals surface area contributed by atoms with E-state index in [4.69, 9.17) is 16.3 Å². The van der Waals surface area contributed by atoms with Gasteiger partial charge >= 0.3 is 0 Å². The Morgan fingerprint density at radius 1 is 1.06 bits per heavy atom. The van der Waals surface area contributed by atoms with Crippen molar-refractivity contribution >= 4 is 45.6 Å². The molecule has 1 aliphatic heterocycles. The van der Waals surface area contributed by atoms with Gasteiger partial charge in [-0.2, -0.15) is 0 Å². The number of hydrogen-bond acceptors (Lipinski definition) is 4. The number of hydrogen-bond donors (Lipinski definition) is 2. The number of fused-ring (bicyclic) bond motifs is 1. The lowest BCUT2D eigenvalue weighted by atomic mass is 9.92. The molecule has 5 rings (SSSR count). The third kappa shape index (κ3) is 3.35. The normalized spacial score (nSPS) is 17.5. The van der Waals surface area contributed by atoms with Gasteiger partial charge in [-0.1, -0.05) is 54.1 Å². The van der Waals surface area contributed by atoms with E-state index in [2.05, 4.69) is 4.98 Å². The number of aryl methyl sites for hydroxylation is 1. The van der Waals surface area contributed by atoms with E-state index in [0.717, 1.165) is 22.0 Å². The molecule has 2 heterocycles. The Bertz CT molecular complexity index is 1490. The summed E-state index contributed by atoms with van der Waals surface area (Å²) in [5, 5.41) is 12.5. The summed E-state index contributed by atoms with van der Waals surface area (Å²) >= 11 is 6.35. The number of aromatic nitrogens is 1. The molecule has 6 nitrogen and oxygen atoms in total. The molecule has 0 spiro atoms. The van der Waals surface area contributed by atoms with Gasteiger partial charge in [-0.3, -0.25) is 14.5 Å². The van der Waals surface area contributed by atoms with Gasteiger partial charge in [0, 0.05) is 28.4 Å². The van der Waals surface area contributed by atoms with E-state index in [1.165, 1.54) is 12.0 Å². The molecule has 1 saturated heterocycles. The summed E-state index contributed by atoms with van der Waals surface area (Å²) in [6.45, 7) is 1.90. The number of H-pyrrole nitrogens is 1. The van der Waals surface area contributed by atoms with Crippen LogP contribution in [-0.4, -0.2) is 28.9 Å². The maximum atomic E-state index is 13.4. The average molecular weight is 473 g/mol. The molecule has 4 aromatic rings. The molecule has 0 radical (unpaired) electrons. The molecular formula is C27H21ClN2O4. The summed E-state index contributed by atoms with van der Waals surface area (Å²) in [6, 6.07) is 19.0. The lowest BCUT2D eigenvalue weighted by Crippen LogP contribution is -2.29. The van der Waals surface area contributed by atoms with Gasteiger partial charge in [0.15, 0.2) is 0 Å². The fourth-order valence-electron chi connectivity index (χ4n) is 4.50. The first-order chi connectivity index (χ1) is 16.4. The van der Waals surface area contributed by atoms with E-state index in [1.807, 2.05) is 55.5 Å². The van der Waals surface area contributed by atoms with Crippen LogP contribution in [0.2, 0.25) is 5.02 Å². The molecule has 0 saturated carbocycles. The molecule has 1 amide bonds. The second-order valence-corrected chi connectivity index (χ2v) is 8.50. The molecule has 34 heavy (non-hydrogen) atoms. The van der Waals surface area contributed by atoms with Crippen molar-refractivity contribution in [2.75, 3.05) is 12.0 Å². The Balaban J connectivity index is 1.77. The third-order valence-corrected chi connectivity index (χ3v) is 6.48. The van der Waals surface area contributed by atoms with E-state index >= 15 is 0 Å². The first-order valence-corrected chi connectivity index (χ1v) is 11.1. The van der Waals surface area contributed by atoms with E-state index in [1.54, 1.807) is 24.4 Å². The van der Waals surface area contributed by atoms with Gasteiger partial charge in [0.25, 0.3) is 11.7 Å². The lowest BCUT2D eigenvalue weighted by molar-refractivity contribution is -0.132. The molecule has 7 heteroatoms. The highest BCUT2D eigenvalue weighted by Crippen LogP contribution is 2.45. The summed E-state index contributed by atoms with van der Waals surface area (Å²) < 4.78 is 5.24. The fourth-order valence-corrected chi connectivity index (χ4v) is 4.76. The SMILES string of the molecule is COc1ccc(N2C(=O)C(=O)/C(=C(/O)c3c[nH]c4ccccc34)C2c2ccccc2C)cc1Cl. The quantitative estimate of drug-likeness (QED) is 0.224. The molecule has 170 valence electrons. The number of aliphatic hydroxyl groups excluding tert-OH is 1. The van der Waals surface area contributed by atoms with Gasteiger partial charge in [0.1, 0.15) is 11.5 Å². The highest BCUT2D eigenvalue weighted by Gasteiger charge is 2.47. The second-order valence-electron chi connectivity index (χ2n) is 8.09. The van der Waals surface area contributed by atoms with E-state index in [-0.39, 0.29) is 11.3 Å². The van der Waals surface area contributed by atoms with Gasteiger partial charge in [0.2, 0.25) is 0 Å². The van der Waals surface area contributed by atoms with E-state index in [9.17, 15) is 14.7 Å². The molecular weight excluding hydrogens is 452 g/mol. The average Bonchev–Trinajstić information content (AvgIpc) is 3.38. The highest BCUT2D eigenvalue weighted by atomic mass is 35.5. The number of nitrogens with zero attached hydrogens (tertiary/aromatic N) is 1. The van der Waals surface area contributed by atoms with Crippen LogP contribution in [-0.2, 0) is 9.59 Å². The van der Waals surface area contributed by atoms with Crippen molar-refractivity contribution < 1.29 is 19.4 Å². The van der Waals surface area contributed by atoms with Crippen molar-refractivity contribution in [2.24, 2.45) is 0 Å². The van der Waals surface area contributed by atoms with Crippen molar-refractivity contribution in [1.82, 2.24) is 4.98 Å². The minimum atomic E-state index is -0.834. The van der Waals surface area contributed by atoms with Crippen LogP contribution < -0.4 is 9.64 Å². The summed E-state index contributed by atoms with van der Waals surface area (Å²) in [7, 11) is 1.50. The Labute approximate surface area is 201 Å². The number of anilines is 1. The van der Waals surface area contributed by atoms with Crippen molar-refractivity contribution in [2.45, 2.75) is 13.0 Å². The molecule has 1 unspecified atom stereocenters. The number of benzene rings is 3. The summed E-state index contributed by atoms with van der Waals surface area (Å²) in [4.78, 5) is 31.2. The summed E-state index contributed by atoms with van der Waals surface area (Å²) in [6.07, 6.45) is 1.65. The summed E-state index contributed by atoms with van der Waals surface area (Å²) in [5.41, 5.74) is 3.33. The van der Waals surface area contributed by atoms with Crippen molar-refractivity contribution in [3.8, 4) is 5.75 Å². The van der Waals surface area contributed by atoms with Crippen LogP contribution in [0.4, 0.5) is 5.69 Å². The predicted molar refractivity (Wildman–Crippen MR) is 132 cm³/mol. The lowest BCUT2D eigenvalue weighted by Gasteiger charge is -2.27. The monoisotopic (exact) mass is 472 g/mol. The molecule has 1 fully saturated rings. The number of ether oxygens (including phenoxy) is 1. The van der Waals surface area contributed by atoms with Crippen molar-refractivity contribution in [3.63, 3.8) is 0 Å². The Morgan fingerprint density at radius 2 is 1.79 bits per heavy atom. The minimum absolute atomic E-state index is 0.0241. The number of halogens is 1. The number of methoxy groups -OCH3 is 1. The molecule has 0 aliphatic carbocycles. The maximum absolute atomic E-state index is 13.4. The Morgan fingerprint density at radius 3 is 2.53 bits per heavy atom. The zero-order valence-corrected chi connectivity index (χ0v) is 19.3. The fraction of sp³-hybridized carbons (Fsp3) is 0.111. The number of rotatable bonds is 4. The number of Topliss-reactive ketones (excluding diaryl/α,β-unsaturated/α-hetero) is 1. The predicted octanol–water partition coefficient (Wildman–Crippen LogP) is 5.76. The smallest absolute Gasteiger partial charge is 0.300 e. The van der Waals surface area contributed by atoms with Crippen LogP contribution >= 0.6 is 11.6 Å². The number of aromatic amines is 1. The van der Waals surface area contributed by atoms with Crippen LogP contribution in [0, 0.1) is 6.92 Å². The maximum Gasteiger partial charge on any atom is 0.300 e. The van der Waals surface area contributed by atoms with Crippen molar-refractivity contribution in [1.29, 1.82) is 0 Å². The van der Waals surface area contributed by atoms with Gasteiger partial charge in [0.05, 0.1) is 23.7 Å². The molecule has 1 aliphatic rings. The number of para-hydroxylation sites is 1. The van der Waals surface area contributed by atoms with Crippen LogP contribution in [0.25, 0.3) is 16.7 Å². The Kier molecular flexibility index (Phi) is 5.38. The first kappa shape index (κ1) is 21.8. The minimum Gasteiger partial charge on any atom is -0.507 e. The number of nitrogens with one attached hydrogen (secondary N) is 1. The van der Waals surface area contributed by atoms with E-state index in [0.29, 0.717) is 22.0 Å². The van der Waals surface area contributed by atoms with Crippen LogP contribution in [0.3, 0.4) is 0 Å². The Hall–Kier alpha value is -4.03. The standard InChI is InChI=1S/C27H21ClN2O4/c1-15-7-3-4-8-17(15)24-23(25(31)19-14-29-21-10-6-5-9-18(19)21)26(32)27(33)30(24)16-11-12-22(34-2)20(28)13-16/h3-14,24,29,31H,1-2H3/b25-23+. The number of ketones is 1. The number of carbonyl (C=O) groups excluding carboxylic acids is 2. The number of carbonyl (C=O) groups is 2. The van der Waals surface area contributed by atoms with Crippen LogP contribution in [0.1, 0.15) is 22.7 Å². The highest BCUT2D eigenvalue weighted by molar-refractivity contribution is 6.52. The molecule has 1 aromatic heterocycles. The van der Waals surface area contributed by atoms with Crippen LogP contribution in [0.15, 0.2) is 78.5 Å². The van der Waals surface area contributed by atoms with Gasteiger partial charge in [-0.05, 0) is 42.3 Å². The van der Waals surface area contributed by atoms with E-state index < -0.39 is 17.7 Å². The van der Waals surface area contributed by atoms with Gasteiger partial charge < -0.3 is 14.8 Å². The summed E-state index contributed by atoms with van der Waals surface area (Å²) in [5.74, 6) is -1.28. The number of amides is 1. The molecule has 0 bridgehead atoms. The first-order valence-electron chi connectivity index (χ1n) is 10.7. The third-order valence-electron chi connectivity index (χ3n) is 6.19. The zero-order chi connectivity index (χ0) is 24.0. The van der Waals surface area contributed by atoms with Crippen LogP contribution in [0.5, 0.6) is 5.75 Å².